The predicted molar refractivity (Wildman–Crippen MR) is 170 cm³/mol. The molecule has 2 amide bonds. The first-order chi connectivity index (χ1) is 20.9. The third-order valence-electron chi connectivity index (χ3n) is 9.43. The Kier molecular flexibility index (Phi) is 8.80. The highest BCUT2D eigenvalue weighted by atomic mass is 32.2. The third kappa shape index (κ3) is 5.81. The Morgan fingerprint density at radius 3 is 2.11 bits per heavy atom. The van der Waals surface area contributed by atoms with Crippen LogP contribution in [-0.2, 0) is 44.9 Å². The quantitative estimate of drug-likeness (QED) is 0.200. The maximum atomic E-state index is 12.8. The molecule has 11 heteroatoms. The topological polar surface area (TPSA) is 165 Å². The molecule has 2 aromatic heterocycles. The van der Waals surface area contributed by atoms with E-state index in [-0.39, 0.29) is 35.3 Å². The average Bonchev–Trinajstić information content (AvgIpc) is 3.46. The van der Waals surface area contributed by atoms with Crippen molar-refractivity contribution in [3.63, 3.8) is 0 Å². The standard InChI is InChI=1S/C33H40N4O6S/c1-6-19-16(3)25(36-31(19)42)12-23-17(4)20(8-10-29(38)39)26(34-23)14-27-21(9-11-30(40)41)18(5)24(35-27)13-28-22(7-2)33(15-44-33)32(43)37-28/h13,22,34-35H,6-12,14-15H2,1-5H3,(H,37,43)(H,38,39)(H,40,41)/b28-13-/t22-,33-/m0/s1. The molecule has 0 aromatic carbocycles. The van der Waals surface area contributed by atoms with Crippen LogP contribution in [0.2, 0.25) is 0 Å². The lowest BCUT2D eigenvalue weighted by molar-refractivity contribution is -0.138. The summed E-state index contributed by atoms with van der Waals surface area (Å²) in [5.41, 5.74) is 10.3. The van der Waals surface area contributed by atoms with Crippen molar-refractivity contribution in [1.29, 1.82) is 0 Å². The highest BCUT2D eigenvalue weighted by Gasteiger charge is 2.61. The van der Waals surface area contributed by atoms with Gasteiger partial charge in [0.15, 0.2) is 0 Å². The number of carbonyl (C=O) groups is 4. The van der Waals surface area contributed by atoms with Crippen LogP contribution < -0.4 is 5.32 Å². The molecule has 44 heavy (non-hydrogen) atoms. The molecule has 0 radical (unpaired) electrons. The number of nitrogens with zero attached hydrogens (tertiary/aromatic N) is 1. The second kappa shape index (κ2) is 12.3. The molecule has 5 heterocycles. The molecule has 2 fully saturated rings. The maximum Gasteiger partial charge on any atom is 0.303 e. The number of thioether (sulfide) groups is 1. The van der Waals surface area contributed by atoms with Crippen LogP contribution in [0.15, 0.2) is 21.8 Å². The second-order valence-corrected chi connectivity index (χ2v) is 13.3. The smallest absolute Gasteiger partial charge is 0.303 e. The van der Waals surface area contributed by atoms with Crippen LogP contribution in [0.25, 0.3) is 6.08 Å². The van der Waals surface area contributed by atoms with Gasteiger partial charge < -0.3 is 25.5 Å². The lowest BCUT2D eigenvalue weighted by Gasteiger charge is -2.12. The van der Waals surface area contributed by atoms with Gasteiger partial charge in [-0.05, 0) is 80.4 Å². The van der Waals surface area contributed by atoms with Crippen LogP contribution in [0.5, 0.6) is 0 Å². The number of rotatable bonds is 13. The zero-order chi connectivity index (χ0) is 31.9. The van der Waals surface area contributed by atoms with E-state index < -0.39 is 11.9 Å². The summed E-state index contributed by atoms with van der Waals surface area (Å²) in [7, 11) is 0. The molecule has 3 aliphatic heterocycles. The molecule has 0 saturated carbocycles. The third-order valence-corrected chi connectivity index (χ3v) is 10.8. The summed E-state index contributed by atoms with van der Waals surface area (Å²) in [5.74, 6) is -1.01. The van der Waals surface area contributed by atoms with E-state index in [0.717, 1.165) is 79.8 Å². The van der Waals surface area contributed by atoms with E-state index in [1.54, 1.807) is 11.8 Å². The van der Waals surface area contributed by atoms with Gasteiger partial charge in [0.1, 0.15) is 4.75 Å². The Labute approximate surface area is 260 Å². The fraction of sp³-hybridized carbons (Fsp3) is 0.485. The number of aromatic amines is 2. The minimum Gasteiger partial charge on any atom is -0.481 e. The largest absolute Gasteiger partial charge is 0.481 e. The lowest BCUT2D eigenvalue weighted by Crippen LogP contribution is -2.27. The molecule has 5 N–H and O–H groups in total. The molecule has 234 valence electrons. The Balaban J connectivity index is 1.52. The van der Waals surface area contributed by atoms with E-state index in [2.05, 4.69) is 27.2 Å². The summed E-state index contributed by atoms with van der Waals surface area (Å²) in [6.45, 7) is 9.87. The van der Waals surface area contributed by atoms with Gasteiger partial charge in [-0.1, -0.05) is 13.8 Å². The van der Waals surface area contributed by atoms with Crippen molar-refractivity contribution in [2.75, 3.05) is 5.75 Å². The van der Waals surface area contributed by atoms with Gasteiger partial charge in [-0.25, -0.2) is 4.99 Å². The van der Waals surface area contributed by atoms with E-state index in [9.17, 15) is 29.4 Å². The van der Waals surface area contributed by atoms with E-state index in [4.69, 9.17) is 0 Å². The number of carbonyl (C=O) groups excluding carboxylic acids is 2. The molecule has 2 aromatic rings. The van der Waals surface area contributed by atoms with Crippen molar-refractivity contribution >= 4 is 47.3 Å². The Morgan fingerprint density at radius 1 is 0.955 bits per heavy atom. The molecule has 2 saturated heterocycles. The number of carboxylic acids is 2. The van der Waals surface area contributed by atoms with E-state index in [1.807, 2.05) is 33.8 Å². The number of aromatic nitrogens is 2. The zero-order valence-electron chi connectivity index (χ0n) is 25.9. The SMILES string of the molecule is CCC1=C(C)C(Cc2[nH]c(Cc3[nH]c(/C=C4\NC(=O)[C@]5(CS5)[C@H]4CC)c(C)c3CCC(=O)O)c(CCC(=O)O)c2C)=NC1=O. The second-order valence-electron chi connectivity index (χ2n) is 12.0. The van der Waals surface area contributed by atoms with Crippen LogP contribution in [0.4, 0.5) is 0 Å². The fourth-order valence-electron chi connectivity index (χ4n) is 6.77. The van der Waals surface area contributed by atoms with E-state index in [1.165, 1.54) is 0 Å². The first kappa shape index (κ1) is 31.6. The highest BCUT2D eigenvalue weighted by Crippen LogP contribution is 2.57. The minimum atomic E-state index is -0.891. The molecule has 0 bridgehead atoms. The maximum absolute atomic E-state index is 12.8. The number of aliphatic carboxylic acids is 2. The van der Waals surface area contributed by atoms with Crippen molar-refractivity contribution in [1.82, 2.24) is 15.3 Å². The summed E-state index contributed by atoms with van der Waals surface area (Å²) >= 11 is 1.68. The van der Waals surface area contributed by atoms with E-state index >= 15 is 0 Å². The van der Waals surface area contributed by atoms with Gasteiger partial charge in [0.25, 0.3) is 5.91 Å². The molecule has 3 aliphatic rings. The highest BCUT2D eigenvalue weighted by molar-refractivity contribution is 8.08. The number of amides is 2. The number of aliphatic imine (C=N–C) groups is 1. The van der Waals surface area contributed by atoms with Gasteiger partial charge in [-0.2, -0.15) is 0 Å². The predicted octanol–water partition coefficient (Wildman–Crippen LogP) is 4.82. The van der Waals surface area contributed by atoms with Crippen molar-refractivity contribution in [3.05, 3.63) is 61.9 Å². The number of allylic oxidation sites excluding steroid dienone is 2. The first-order valence-corrected chi connectivity index (χ1v) is 16.2. The van der Waals surface area contributed by atoms with Crippen molar-refractivity contribution in [2.24, 2.45) is 10.9 Å². The summed E-state index contributed by atoms with van der Waals surface area (Å²) in [6, 6.07) is 0. The lowest BCUT2D eigenvalue weighted by atomic mass is 9.91. The van der Waals surface area contributed by atoms with Crippen LogP contribution >= 0.6 is 11.8 Å². The van der Waals surface area contributed by atoms with Crippen LogP contribution in [-0.4, -0.2) is 60.1 Å². The van der Waals surface area contributed by atoms with Crippen LogP contribution in [0, 0.1) is 19.8 Å². The number of nitrogens with one attached hydrogen (secondary N) is 3. The zero-order valence-corrected chi connectivity index (χ0v) is 26.7. The summed E-state index contributed by atoms with van der Waals surface area (Å²) in [4.78, 5) is 59.7. The molecule has 10 nitrogen and oxygen atoms in total. The van der Waals surface area contributed by atoms with Gasteiger partial charge >= 0.3 is 11.9 Å². The van der Waals surface area contributed by atoms with Crippen molar-refractivity contribution in [2.45, 2.75) is 90.7 Å². The van der Waals surface area contributed by atoms with Gasteiger partial charge in [0.05, 0.1) is 5.71 Å². The molecule has 0 aliphatic carbocycles. The Hall–Kier alpha value is -3.86. The first-order valence-electron chi connectivity index (χ1n) is 15.2. The molecule has 5 rings (SSSR count). The molecular formula is C33H40N4O6S. The number of carboxylic acid groups (broad SMARTS) is 2. The number of hydrogen-bond donors (Lipinski definition) is 5. The molecule has 2 atom stereocenters. The van der Waals surface area contributed by atoms with Crippen molar-refractivity contribution in [3.8, 4) is 0 Å². The summed E-state index contributed by atoms with van der Waals surface area (Å²) in [5, 5.41) is 22.1. The summed E-state index contributed by atoms with van der Waals surface area (Å²) in [6.07, 6.45) is 4.88. The van der Waals surface area contributed by atoms with Crippen LogP contribution in [0.1, 0.15) is 91.5 Å². The summed E-state index contributed by atoms with van der Waals surface area (Å²) < 4.78 is -0.368. The number of hydrogen-bond acceptors (Lipinski definition) is 5. The van der Waals surface area contributed by atoms with E-state index in [0.29, 0.717) is 32.1 Å². The normalized spacial score (nSPS) is 22.0. The number of H-pyrrole nitrogens is 2. The fourth-order valence-corrected chi connectivity index (χ4v) is 7.94. The Bertz CT molecular complexity index is 1650. The van der Waals surface area contributed by atoms with Gasteiger partial charge in [-0.15, -0.1) is 11.8 Å². The Morgan fingerprint density at radius 2 is 1.57 bits per heavy atom. The van der Waals surface area contributed by atoms with Crippen molar-refractivity contribution < 1.29 is 29.4 Å². The van der Waals surface area contributed by atoms with Crippen LogP contribution in [0.3, 0.4) is 0 Å². The molecular weight excluding hydrogens is 580 g/mol. The van der Waals surface area contributed by atoms with Gasteiger partial charge in [0, 0.05) is 71.4 Å². The monoisotopic (exact) mass is 620 g/mol. The van der Waals surface area contributed by atoms with Gasteiger partial charge in [-0.3, -0.25) is 19.2 Å². The molecule has 1 spiro atoms. The average molecular weight is 621 g/mol. The minimum absolute atomic E-state index is 0.0319. The van der Waals surface area contributed by atoms with Gasteiger partial charge in [0.2, 0.25) is 5.91 Å². The molecule has 0 unspecified atom stereocenters.